The lowest BCUT2D eigenvalue weighted by atomic mass is 10.2. The molecule has 138 valence electrons. The molecule has 0 atom stereocenters. The zero-order valence-electron chi connectivity index (χ0n) is 13.8. The quantitative estimate of drug-likeness (QED) is 0.819. The van der Waals surface area contributed by atoms with Crippen LogP contribution in [-0.2, 0) is 23.0 Å². The Balaban J connectivity index is 1.42. The first-order valence-corrected chi connectivity index (χ1v) is 10.5. The first-order chi connectivity index (χ1) is 12.4. The van der Waals surface area contributed by atoms with E-state index >= 15 is 0 Å². The number of nitrogens with one attached hydrogen (secondary N) is 2. The third-order valence-corrected chi connectivity index (χ3v) is 6.26. The topological polar surface area (TPSA) is 110 Å². The van der Waals surface area contributed by atoms with Crippen molar-refractivity contribution in [2.24, 2.45) is 0 Å². The van der Waals surface area contributed by atoms with E-state index < -0.39 is 16.1 Å². The van der Waals surface area contributed by atoms with Crippen molar-refractivity contribution in [2.45, 2.75) is 13.0 Å². The summed E-state index contributed by atoms with van der Waals surface area (Å²) in [6, 6.07) is 4.68. The smallest absolute Gasteiger partial charge is 0.325 e. The molecule has 0 saturated heterocycles. The van der Waals surface area contributed by atoms with Gasteiger partial charge in [-0.3, -0.25) is 5.32 Å². The van der Waals surface area contributed by atoms with E-state index in [1.807, 2.05) is 0 Å². The lowest BCUT2D eigenvalue weighted by molar-refractivity contribution is 0.174. The highest BCUT2D eigenvalue weighted by Gasteiger charge is 2.26. The number of carbonyl (C=O) groups is 1. The largest absolute Gasteiger partial charge is 0.454 e. The highest BCUT2D eigenvalue weighted by atomic mass is 32.2. The number of thiazole rings is 1. The summed E-state index contributed by atoms with van der Waals surface area (Å²) in [6.45, 7) is 0.857. The summed E-state index contributed by atoms with van der Waals surface area (Å²) < 4.78 is 35.3. The Kier molecular flexibility index (Phi) is 4.21. The standard InChI is InChI=1S/C15H16N4O5S2/c1-26(21,22)19-5-4-10-13(7-19)25-15(17-10)18-14(20)16-9-2-3-11-12(6-9)24-8-23-11/h2-3,6H,4-5,7-8H2,1H3,(H2,16,17,18,20). The van der Waals surface area contributed by atoms with E-state index in [9.17, 15) is 13.2 Å². The Hall–Kier alpha value is -2.37. The van der Waals surface area contributed by atoms with Gasteiger partial charge in [-0.15, -0.1) is 0 Å². The van der Waals surface area contributed by atoms with Crippen LogP contribution in [0.2, 0.25) is 0 Å². The number of sulfonamides is 1. The number of benzene rings is 1. The second kappa shape index (κ2) is 6.41. The Labute approximate surface area is 154 Å². The predicted molar refractivity (Wildman–Crippen MR) is 96.3 cm³/mol. The molecule has 26 heavy (non-hydrogen) atoms. The van der Waals surface area contributed by atoms with Crippen LogP contribution in [0.4, 0.5) is 15.6 Å². The SMILES string of the molecule is CS(=O)(=O)N1CCc2nc(NC(=O)Nc3ccc4c(c3)OCO4)sc2C1. The number of anilines is 2. The second-order valence-corrected chi connectivity index (χ2v) is 8.95. The minimum Gasteiger partial charge on any atom is -0.454 e. The summed E-state index contributed by atoms with van der Waals surface area (Å²) in [5, 5.41) is 5.83. The monoisotopic (exact) mass is 396 g/mol. The van der Waals surface area contributed by atoms with Crippen molar-refractivity contribution < 1.29 is 22.7 Å². The molecule has 9 nitrogen and oxygen atoms in total. The average molecular weight is 396 g/mol. The number of urea groups is 1. The number of hydrogen-bond donors (Lipinski definition) is 2. The van der Waals surface area contributed by atoms with Crippen LogP contribution >= 0.6 is 11.3 Å². The molecule has 2 amide bonds. The molecule has 1 aromatic heterocycles. The maximum Gasteiger partial charge on any atom is 0.325 e. The van der Waals surface area contributed by atoms with Crippen LogP contribution in [0.3, 0.4) is 0 Å². The van der Waals surface area contributed by atoms with E-state index in [0.717, 1.165) is 10.6 Å². The van der Waals surface area contributed by atoms with Gasteiger partial charge in [-0.2, -0.15) is 4.31 Å². The summed E-state index contributed by atoms with van der Waals surface area (Å²) in [5.74, 6) is 1.22. The minimum absolute atomic E-state index is 0.167. The van der Waals surface area contributed by atoms with Gasteiger partial charge in [0.2, 0.25) is 16.8 Å². The van der Waals surface area contributed by atoms with Crippen molar-refractivity contribution in [3.63, 3.8) is 0 Å². The Morgan fingerprint density at radius 3 is 2.88 bits per heavy atom. The number of amides is 2. The minimum atomic E-state index is -3.24. The summed E-state index contributed by atoms with van der Waals surface area (Å²) >= 11 is 1.28. The zero-order valence-corrected chi connectivity index (χ0v) is 15.4. The van der Waals surface area contributed by atoms with Crippen LogP contribution in [0.25, 0.3) is 0 Å². The molecular formula is C15H16N4O5S2. The van der Waals surface area contributed by atoms with Gasteiger partial charge in [0.15, 0.2) is 16.6 Å². The second-order valence-electron chi connectivity index (χ2n) is 5.88. The van der Waals surface area contributed by atoms with E-state index in [1.165, 1.54) is 21.9 Å². The number of rotatable bonds is 3. The van der Waals surface area contributed by atoms with Crippen molar-refractivity contribution >= 4 is 38.2 Å². The lowest BCUT2D eigenvalue weighted by Gasteiger charge is -2.23. The average Bonchev–Trinajstić information content (AvgIpc) is 3.18. The summed E-state index contributed by atoms with van der Waals surface area (Å²) in [6.07, 6.45) is 1.72. The van der Waals surface area contributed by atoms with E-state index in [4.69, 9.17) is 9.47 Å². The fourth-order valence-corrected chi connectivity index (χ4v) is 4.63. The van der Waals surface area contributed by atoms with Gasteiger partial charge >= 0.3 is 6.03 Å². The third-order valence-electron chi connectivity index (χ3n) is 4.02. The maximum absolute atomic E-state index is 12.2. The first-order valence-electron chi connectivity index (χ1n) is 7.80. The van der Waals surface area contributed by atoms with Crippen LogP contribution in [-0.4, -0.2) is 43.3 Å². The van der Waals surface area contributed by atoms with Crippen molar-refractivity contribution in [2.75, 3.05) is 30.2 Å². The highest BCUT2D eigenvalue weighted by Crippen LogP contribution is 2.34. The van der Waals surface area contributed by atoms with Crippen molar-refractivity contribution in [1.82, 2.24) is 9.29 Å². The van der Waals surface area contributed by atoms with Crippen molar-refractivity contribution in [3.05, 3.63) is 28.8 Å². The summed E-state index contributed by atoms with van der Waals surface area (Å²) in [4.78, 5) is 17.4. The van der Waals surface area contributed by atoms with Crippen LogP contribution in [0.5, 0.6) is 11.5 Å². The molecule has 2 aliphatic rings. The molecule has 2 aromatic rings. The molecular weight excluding hydrogens is 380 g/mol. The molecule has 0 spiro atoms. The molecule has 1 aromatic carbocycles. The molecule has 0 unspecified atom stereocenters. The van der Waals surface area contributed by atoms with Gasteiger partial charge in [-0.25, -0.2) is 18.2 Å². The van der Waals surface area contributed by atoms with Crippen LogP contribution in [0.15, 0.2) is 18.2 Å². The zero-order chi connectivity index (χ0) is 18.3. The molecule has 0 radical (unpaired) electrons. The van der Waals surface area contributed by atoms with Gasteiger partial charge in [0.25, 0.3) is 0 Å². The molecule has 3 heterocycles. The van der Waals surface area contributed by atoms with Gasteiger partial charge in [0, 0.05) is 36.1 Å². The van der Waals surface area contributed by atoms with E-state index in [-0.39, 0.29) is 13.3 Å². The Morgan fingerprint density at radius 1 is 1.27 bits per heavy atom. The predicted octanol–water partition coefficient (Wildman–Crippen LogP) is 1.83. The maximum atomic E-state index is 12.2. The highest BCUT2D eigenvalue weighted by molar-refractivity contribution is 7.88. The molecule has 2 aliphatic heterocycles. The molecule has 0 fully saturated rings. The number of aromatic nitrogens is 1. The first kappa shape index (κ1) is 17.1. The molecule has 0 bridgehead atoms. The summed E-state index contributed by atoms with van der Waals surface area (Å²) in [7, 11) is -3.24. The number of hydrogen-bond acceptors (Lipinski definition) is 7. The van der Waals surface area contributed by atoms with Crippen LogP contribution in [0.1, 0.15) is 10.6 Å². The number of carbonyl (C=O) groups excluding carboxylic acids is 1. The fraction of sp³-hybridized carbons (Fsp3) is 0.333. The summed E-state index contributed by atoms with van der Waals surface area (Å²) in [5.41, 5.74) is 1.39. The number of ether oxygens (including phenoxy) is 2. The van der Waals surface area contributed by atoms with Gasteiger partial charge in [0.05, 0.1) is 11.9 Å². The molecule has 2 N–H and O–H groups in total. The van der Waals surface area contributed by atoms with E-state index in [2.05, 4.69) is 15.6 Å². The normalized spacial score (nSPS) is 16.2. The molecule has 4 rings (SSSR count). The van der Waals surface area contributed by atoms with E-state index in [0.29, 0.717) is 35.3 Å². The third kappa shape index (κ3) is 3.45. The number of fused-ring (bicyclic) bond motifs is 2. The Bertz CT molecular complexity index is 972. The van der Waals surface area contributed by atoms with Crippen LogP contribution in [0, 0.1) is 0 Å². The van der Waals surface area contributed by atoms with E-state index in [1.54, 1.807) is 18.2 Å². The lowest BCUT2D eigenvalue weighted by Crippen LogP contribution is -2.34. The van der Waals surface area contributed by atoms with Gasteiger partial charge in [0.1, 0.15) is 0 Å². The van der Waals surface area contributed by atoms with Gasteiger partial charge in [-0.05, 0) is 12.1 Å². The molecule has 0 saturated carbocycles. The Morgan fingerprint density at radius 2 is 2.08 bits per heavy atom. The fourth-order valence-electron chi connectivity index (χ4n) is 2.74. The number of nitrogens with zero attached hydrogens (tertiary/aromatic N) is 2. The van der Waals surface area contributed by atoms with Gasteiger partial charge in [-0.1, -0.05) is 11.3 Å². The molecule has 0 aliphatic carbocycles. The van der Waals surface area contributed by atoms with Crippen molar-refractivity contribution in [3.8, 4) is 11.5 Å². The van der Waals surface area contributed by atoms with Gasteiger partial charge < -0.3 is 14.8 Å². The molecule has 11 heteroatoms. The van der Waals surface area contributed by atoms with Crippen LogP contribution < -0.4 is 20.1 Å². The van der Waals surface area contributed by atoms with Crippen molar-refractivity contribution in [1.29, 1.82) is 0 Å².